The number of ether oxygens (including phenoxy) is 1. The predicted molar refractivity (Wildman–Crippen MR) is 73.6 cm³/mol. The van der Waals surface area contributed by atoms with E-state index in [1.54, 1.807) is 0 Å². The highest BCUT2D eigenvalue weighted by atomic mass is 16.5. The first-order chi connectivity index (χ1) is 8.77. The Morgan fingerprint density at radius 1 is 1.28 bits per heavy atom. The average molecular weight is 256 g/mol. The van der Waals surface area contributed by atoms with Crippen molar-refractivity contribution in [2.45, 2.75) is 52.0 Å². The molecular weight excluding hydrogens is 228 g/mol. The normalized spacial score (nSPS) is 16.8. The fourth-order valence-corrected chi connectivity index (χ4v) is 2.24. The van der Waals surface area contributed by atoms with Gasteiger partial charge in [0.1, 0.15) is 0 Å². The molecule has 0 aromatic carbocycles. The summed E-state index contributed by atoms with van der Waals surface area (Å²) in [5.74, 6) is 0.275. The second-order valence-electron chi connectivity index (χ2n) is 4.93. The predicted octanol–water partition coefficient (Wildman–Crippen LogP) is 1.79. The number of amides is 1. The van der Waals surface area contributed by atoms with Crippen LogP contribution in [0.15, 0.2) is 0 Å². The monoisotopic (exact) mass is 256 g/mol. The quantitative estimate of drug-likeness (QED) is 0.720. The van der Waals surface area contributed by atoms with E-state index in [0.29, 0.717) is 12.5 Å². The third kappa shape index (κ3) is 5.83. The van der Waals surface area contributed by atoms with Crippen LogP contribution >= 0.6 is 0 Å². The van der Waals surface area contributed by atoms with Gasteiger partial charge in [0, 0.05) is 45.3 Å². The summed E-state index contributed by atoms with van der Waals surface area (Å²) < 4.78 is 5.33. The zero-order chi connectivity index (χ0) is 13.2. The number of hydrogen-bond acceptors (Lipinski definition) is 3. The van der Waals surface area contributed by atoms with Gasteiger partial charge in [0.05, 0.1) is 0 Å². The first kappa shape index (κ1) is 15.4. The zero-order valence-electron chi connectivity index (χ0n) is 11.9. The van der Waals surface area contributed by atoms with E-state index in [0.717, 1.165) is 58.5 Å². The fourth-order valence-electron chi connectivity index (χ4n) is 2.24. The lowest BCUT2D eigenvalue weighted by atomic mass is 10.1. The number of hydrogen-bond donors (Lipinski definition) is 1. The maximum atomic E-state index is 11.8. The second-order valence-corrected chi connectivity index (χ2v) is 4.93. The SMILES string of the molecule is CCCCN(CCNC1CCOCC1)C(=O)CC. The number of rotatable bonds is 8. The Labute approximate surface area is 111 Å². The number of nitrogens with zero attached hydrogens (tertiary/aromatic N) is 1. The van der Waals surface area contributed by atoms with E-state index in [4.69, 9.17) is 4.74 Å². The molecule has 4 heteroatoms. The van der Waals surface area contributed by atoms with Crippen LogP contribution in [-0.2, 0) is 9.53 Å². The van der Waals surface area contributed by atoms with Gasteiger partial charge in [0.15, 0.2) is 0 Å². The summed E-state index contributed by atoms with van der Waals surface area (Å²) in [6.07, 6.45) is 5.04. The van der Waals surface area contributed by atoms with Crippen molar-refractivity contribution in [2.24, 2.45) is 0 Å². The van der Waals surface area contributed by atoms with Crippen molar-refractivity contribution in [2.75, 3.05) is 32.8 Å². The molecule has 0 radical (unpaired) electrons. The molecule has 0 unspecified atom stereocenters. The number of carbonyl (C=O) groups is 1. The van der Waals surface area contributed by atoms with E-state index in [2.05, 4.69) is 12.2 Å². The van der Waals surface area contributed by atoms with Crippen LogP contribution in [0, 0.1) is 0 Å². The minimum Gasteiger partial charge on any atom is -0.381 e. The Balaban J connectivity index is 2.20. The highest BCUT2D eigenvalue weighted by Crippen LogP contribution is 2.06. The van der Waals surface area contributed by atoms with Gasteiger partial charge in [-0.25, -0.2) is 0 Å². The van der Waals surface area contributed by atoms with E-state index in [-0.39, 0.29) is 5.91 Å². The van der Waals surface area contributed by atoms with Gasteiger partial charge in [-0.05, 0) is 19.3 Å². The Kier molecular flexibility index (Phi) is 8.01. The minimum absolute atomic E-state index is 0.275. The lowest BCUT2D eigenvalue weighted by molar-refractivity contribution is -0.130. The molecule has 1 aliphatic rings. The summed E-state index contributed by atoms with van der Waals surface area (Å²) in [4.78, 5) is 13.8. The molecule has 1 rings (SSSR count). The topological polar surface area (TPSA) is 41.6 Å². The number of unbranched alkanes of at least 4 members (excludes halogenated alkanes) is 1. The maximum Gasteiger partial charge on any atom is 0.222 e. The van der Waals surface area contributed by atoms with Crippen molar-refractivity contribution in [3.63, 3.8) is 0 Å². The summed E-state index contributed by atoms with van der Waals surface area (Å²) in [5.41, 5.74) is 0. The van der Waals surface area contributed by atoms with Crippen molar-refractivity contribution >= 4 is 5.91 Å². The minimum atomic E-state index is 0.275. The summed E-state index contributed by atoms with van der Waals surface area (Å²) in [6, 6.07) is 0.573. The molecule has 1 amide bonds. The zero-order valence-corrected chi connectivity index (χ0v) is 11.9. The molecule has 4 nitrogen and oxygen atoms in total. The molecule has 1 N–H and O–H groups in total. The van der Waals surface area contributed by atoms with Gasteiger partial charge >= 0.3 is 0 Å². The lowest BCUT2D eigenvalue weighted by Crippen LogP contribution is -2.42. The van der Waals surface area contributed by atoms with Gasteiger partial charge in [0.2, 0.25) is 5.91 Å². The van der Waals surface area contributed by atoms with Crippen LogP contribution in [0.25, 0.3) is 0 Å². The van der Waals surface area contributed by atoms with Crippen LogP contribution in [0.2, 0.25) is 0 Å². The van der Waals surface area contributed by atoms with Gasteiger partial charge in [-0.3, -0.25) is 4.79 Å². The maximum absolute atomic E-state index is 11.8. The van der Waals surface area contributed by atoms with Gasteiger partial charge in [0.25, 0.3) is 0 Å². The molecule has 106 valence electrons. The average Bonchev–Trinajstić information content (AvgIpc) is 2.43. The molecule has 0 aliphatic carbocycles. The summed E-state index contributed by atoms with van der Waals surface area (Å²) in [5, 5.41) is 3.53. The molecular formula is C14H28N2O2. The summed E-state index contributed by atoms with van der Waals surface area (Å²) >= 11 is 0. The largest absolute Gasteiger partial charge is 0.381 e. The van der Waals surface area contributed by atoms with Gasteiger partial charge in [-0.1, -0.05) is 20.3 Å². The van der Waals surface area contributed by atoms with Crippen LogP contribution in [0.4, 0.5) is 0 Å². The van der Waals surface area contributed by atoms with E-state index in [1.807, 2.05) is 11.8 Å². The first-order valence-corrected chi connectivity index (χ1v) is 7.36. The molecule has 0 spiro atoms. The molecule has 0 bridgehead atoms. The van der Waals surface area contributed by atoms with Crippen LogP contribution in [0.5, 0.6) is 0 Å². The standard InChI is InChI=1S/C14H28N2O2/c1-3-5-9-16(14(17)4-2)10-8-15-13-6-11-18-12-7-13/h13,15H,3-12H2,1-2H3. The molecule has 0 atom stereocenters. The van der Waals surface area contributed by atoms with Crippen molar-refractivity contribution < 1.29 is 9.53 Å². The van der Waals surface area contributed by atoms with Crippen LogP contribution in [0.3, 0.4) is 0 Å². The Bertz CT molecular complexity index is 228. The highest BCUT2D eigenvalue weighted by Gasteiger charge is 2.14. The van der Waals surface area contributed by atoms with E-state index >= 15 is 0 Å². The van der Waals surface area contributed by atoms with Gasteiger partial charge in [-0.2, -0.15) is 0 Å². The van der Waals surface area contributed by atoms with E-state index < -0.39 is 0 Å². The van der Waals surface area contributed by atoms with Gasteiger partial charge in [-0.15, -0.1) is 0 Å². The van der Waals surface area contributed by atoms with Gasteiger partial charge < -0.3 is 15.0 Å². The highest BCUT2D eigenvalue weighted by molar-refractivity contribution is 5.75. The molecule has 0 saturated carbocycles. The van der Waals surface area contributed by atoms with Crippen LogP contribution < -0.4 is 5.32 Å². The molecule has 0 aromatic heterocycles. The third-order valence-corrected chi connectivity index (χ3v) is 3.47. The molecule has 0 aromatic rings. The molecule has 18 heavy (non-hydrogen) atoms. The fraction of sp³-hybridized carbons (Fsp3) is 0.929. The van der Waals surface area contributed by atoms with Crippen LogP contribution in [0.1, 0.15) is 46.0 Å². The molecule has 1 fully saturated rings. The van der Waals surface area contributed by atoms with Crippen molar-refractivity contribution in [1.82, 2.24) is 10.2 Å². The Morgan fingerprint density at radius 2 is 2.00 bits per heavy atom. The summed E-state index contributed by atoms with van der Waals surface area (Å²) in [6.45, 7) is 8.47. The molecule has 1 heterocycles. The smallest absolute Gasteiger partial charge is 0.222 e. The number of carbonyl (C=O) groups excluding carboxylic acids is 1. The summed E-state index contributed by atoms with van der Waals surface area (Å²) in [7, 11) is 0. The Morgan fingerprint density at radius 3 is 2.61 bits per heavy atom. The van der Waals surface area contributed by atoms with E-state index in [9.17, 15) is 4.79 Å². The Hall–Kier alpha value is -0.610. The van der Waals surface area contributed by atoms with E-state index in [1.165, 1.54) is 0 Å². The molecule has 1 aliphatic heterocycles. The molecule has 1 saturated heterocycles. The van der Waals surface area contributed by atoms with Crippen molar-refractivity contribution in [3.8, 4) is 0 Å². The lowest BCUT2D eigenvalue weighted by Gasteiger charge is -2.26. The number of nitrogens with one attached hydrogen (secondary N) is 1. The first-order valence-electron chi connectivity index (χ1n) is 7.36. The van der Waals surface area contributed by atoms with Crippen molar-refractivity contribution in [1.29, 1.82) is 0 Å². The second kappa shape index (κ2) is 9.34. The third-order valence-electron chi connectivity index (χ3n) is 3.47. The van der Waals surface area contributed by atoms with Crippen LogP contribution in [-0.4, -0.2) is 49.7 Å². The van der Waals surface area contributed by atoms with Crippen molar-refractivity contribution in [3.05, 3.63) is 0 Å².